The molecule has 0 saturated carbocycles. The predicted molar refractivity (Wildman–Crippen MR) is 78.2 cm³/mol. The van der Waals surface area contributed by atoms with E-state index >= 15 is 0 Å². The molecule has 1 aliphatic heterocycles. The fraction of sp³-hybridized carbons (Fsp3) is 0.462. The van der Waals surface area contributed by atoms with Crippen LogP contribution in [-0.4, -0.2) is 31.2 Å². The van der Waals surface area contributed by atoms with Crippen molar-refractivity contribution in [1.82, 2.24) is 24.6 Å². The summed E-state index contributed by atoms with van der Waals surface area (Å²) in [5, 5.41) is 4.20. The van der Waals surface area contributed by atoms with E-state index < -0.39 is 0 Å². The highest BCUT2D eigenvalue weighted by Gasteiger charge is 2.27. The molecule has 2 aromatic rings. The maximum absolute atomic E-state index is 11.4. The molecule has 1 aliphatic rings. The number of aromatic nitrogens is 4. The molecule has 0 bridgehead atoms. The Kier molecular flexibility index (Phi) is 3.71. The molecular weight excluding hydrogens is 322 g/mol. The van der Waals surface area contributed by atoms with Crippen molar-refractivity contribution in [2.45, 2.75) is 25.4 Å². The third kappa shape index (κ3) is 2.69. The van der Waals surface area contributed by atoms with E-state index in [2.05, 4.69) is 42.0 Å². The summed E-state index contributed by atoms with van der Waals surface area (Å²) in [6.07, 6.45) is 5.96. The van der Waals surface area contributed by atoms with Crippen molar-refractivity contribution in [3.05, 3.63) is 44.8 Å². The lowest BCUT2D eigenvalue weighted by atomic mass is 10.1. The van der Waals surface area contributed by atoms with Crippen LogP contribution in [-0.2, 0) is 13.6 Å². The Bertz CT molecular complexity index is 665. The number of nitrogens with one attached hydrogen (secondary N) is 1. The molecule has 0 spiro atoms. The summed E-state index contributed by atoms with van der Waals surface area (Å²) in [4.78, 5) is 20.8. The highest BCUT2D eigenvalue weighted by Crippen LogP contribution is 2.33. The van der Waals surface area contributed by atoms with Crippen molar-refractivity contribution < 1.29 is 0 Å². The van der Waals surface area contributed by atoms with Gasteiger partial charge in [0.2, 0.25) is 0 Å². The van der Waals surface area contributed by atoms with Gasteiger partial charge in [-0.3, -0.25) is 14.9 Å². The van der Waals surface area contributed by atoms with Gasteiger partial charge in [0, 0.05) is 30.0 Å². The number of halogens is 1. The lowest BCUT2D eigenvalue weighted by Crippen LogP contribution is -2.23. The van der Waals surface area contributed by atoms with Crippen molar-refractivity contribution in [3.8, 4) is 0 Å². The van der Waals surface area contributed by atoms with Gasteiger partial charge in [0.15, 0.2) is 0 Å². The Morgan fingerprint density at radius 3 is 3.05 bits per heavy atom. The first-order valence-corrected chi connectivity index (χ1v) is 7.39. The monoisotopic (exact) mass is 337 g/mol. The summed E-state index contributed by atoms with van der Waals surface area (Å²) in [5.74, 6) is 0.715. The number of likely N-dealkylation sites (tertiary alicyclic amines) is 1. The number of aromatic amines is 1. The normalized spacial score (nSPS) is 19.6. The molecule has 3 heterocycles. The van der Waals surface area contributed by atoms with Crippen molar-refractivity contribution >= 4 is 15.9 Å². The first-order valence-electron chi connectivity index (χ1n) is 6.60. The van der Waals surface area contributed by atoms with Crippen LogP contribution in [0, 0.1) is 0 Å². The SMILES string of the molecule is Cn1nc(CN2CCCC2c2cncc(Br)c2)[nH]c1=O. The number of aryl methyl sites for hydroxylation is 1. The van der Waals surface area contributed by atoms with Crippen LogP contribution in [0.3, 0.4) is 0 Å². The Morgan fingerprint density at radius 1 is 1.50 bits per heavy atom. The summed E-state index contributed by atoms with van der Waals surface area (Å²) in [6.45, 7) is 1.67. The number of pyridine rings is 1. The quantitative estimate of drug-likeness (QED) is 0.923. The Labute approximate surface area is 125 Å². The van der Waals surface area contributed by atoms with E-state index in [1.54, 1.807) is 13.2 Å². The van der Waals surface area contributed by atoms with Gasteiger partial charge in [-0.1, -0.05) is 0 Å². The third-order valence-electron chi connectivity index (χ3n) is 3.64. The smallest absolute Gasteiger partial charge is 0.292 e. The number of rotatable bonds is 3. The first-order chi connectivity index (χ1) is 9.63. The Balaban J connectivity index is 1.80. The van der Waals surface area contributed by atoms with Crippen LogP contribution in [0.15, 0.2) is 27.7 Å². The summed E-state index contributed by atoms with van der Waals surface area (Å²) < 4.78 is 2.33. The van der Waals surface area contributed by atoms with Gasteiger partial charge in [0.05, 0.1) is 6.54 Å². The Hall–Kier alpha value is -1.47. The molecule has 1 unspecified atom stereocenters. The predicted octanol–water partition coefficient (Wildman–Crippen LogP) is 1.60. The summed E-state index contributed by atoms with van der Waals surface area (Å²) in [6, 6.07) is 2.45. The number of H-pyrrole nitrogens is 1. The number of hydrogen-bond acceptors (Lipinski definition) is 4. The molecule has 0 amide bonds. The molecule has 0 aromatic carbocycles. The van der Waals surface area contributed by atoms with Crippen LogP contribution in [0.5, 0.6) is 0 Å². The zero-order chi connectivity index (χ0) is 14.1. The van der Waals surface area contributed by atoms with Crippen LogP contribution in [0.2, 0.25) is 0 Å². The van der Waals surface area contributed by atoms with Crippen LogP contribution >= 0.6 is 15.9 Å². The van der Waals surface area contributed by atoms with E-state index in [9.17, 15) is 4.79 Å². The van der Waals surface area contributed by atoms with Gasteiger partial charge < -0.3 is 0 Å². The van der Waals surface area contributed by atoms with E-state index in [4.69, 9.17) is 0 Å². The van der Waals surface area contributed by atoms with Gasteiger partial charge in [-0.2, -0.15) is 5.10 Å². The zero-order valence-electron chi connectivity index (χ0n) is 11.2. The standard InChI is InChI=1S/C13H16BrN5O/c1-18-13(20)16-12(17-18)8-19-4-2-3-11(19)9-5-10(14)7-15-6-9/h5-7,11H,2-4,8H2,1H3,(H,16,17,20). The van der Waals surface area contributed by atoms with Crippen LogP contribution in [0.25, 0.3) is 0 Å². The fourth-order valence-corrected chi connectivity index (χ4v) is 3.11. The van der Waals surface area contributed by atoms with Gasteiger partial charge in [0.25, 0.3) is 0 Å². The molecule has 6 nitrogen and oxygen atoms in total. The minimum Gasteiger partial charge on any atom is -0.292 e. The second-order valence-corrected chi connectivity index (χ2v) is 5.98. The van der Waals surface area contributed by atoms with Crippen molar-refractivity contribution in [2.24, 2.45) is 7.05 Å². The summed E-state index contributed by atoms with van der Waals surface area (Å²) in [5.41, 5.74) is 1.04. The van der Waals surface area contributed by atoms with E-state index in [0.29, 0.717) is 18.4 Å². The molecule has 1 fully saturated rings. The first kappa shape index (κ1) is 13.5. The minimum atomic E-state index is -0.167. The fourth-order valence-electron chi connectivity index (χ4n) is 2.72. The summed E-state index contributed by atoms with van der Waals surface area (Å²) >= 11 is 3.46. The molecule has 3 rings (SSSR count). The Morgan fingerprint density at radius 2 is 2.35 bits per heavy atom. The molecule has 106 valence electrons. The molecule has 1 atom stereocenters. The largest absolute Gasteiger partial charge is 0.343 e. The van der Waals surface area contributed by atoms with Crippen LogP contribution in [0.4, 0.5) is 0 Å². The average Bonchev–Trinajstić information content (AvgIpc) is 2.98. The maximum atomic E-state index is 11.4. The van der Waals surface area contributed by atoms with Crippen LogP contribution < -0.4 is 5.69 Å². The lowest BCUT2D eigenvalue weighted by Gasteiger charge is -2.23. The van der Waals surface area contributed by atoms with Crippen LogP contribution in [0.1, 0.15) is 30.3 Å². The van der Waals surface area contributed by atoms with E-state index in [0.717, 1.165) is 23.9 Å². The second kappa shape index (κ2) is 5.49. The highest BCUT2D eigenvalue weighted by molar-refractivity contribution is 9.10. The zero-order valence-corrected chi connectivity index (χ0v) is 12.8. The van der Waals surface area contributed by atoms with Crippen molar-refractivity contribution in [2.75, 3.05) is 6.54 Å². The second-order valence-electron chi connectivity index (χ2n) is 5.07. The van der Waals surface area contributed by atoms with E-state index in [1.807, 2.05) is 6.20 Å². The summed E-state index contributed by atoms with van der Waals surface area (Å²) in [7, 11) is 1.65. The van der Waals surface area contributed by atoms with Crippen molar-refractivity contribution in [1.29, 1.82) is 0 Å². The topological polar surface area (TPSA) is 66.8 Å². The molecule has 1 saturated heterocycles. The maximum Gasteiger partial charge on any atom is 0.343 e. The molecule has 2 aromatic heterocycles. The van der Waals surface area contributed by atoms with Gasteiger partial charge in [-0.05, 0) is 46.9 Å². The lowest BCUT2D eigenvalue weighted by molar-refractivity contribution is 0.241. The van der Waals surface area contributed by atoms with Gasteiger partial charge in [0.1, 0.15) is 5.82 Å². The number of hydrogen-bond donors (Lipinski definition) is 1. The van der Waals surface area contributed by atoms with E-state index in [-0.39, 0.29) is 5.69 Å². The number of nitrogens with zero attached hydrogens (tertiary/aromatic N) is 4. The van der Waals surface area contributed by atoms with Crippen molar-refractivity contribution in [3.63, 3.8) is 0 Å². The molecule has 0 aliphatic carbocycles. The molecular formula is C13H16BrN5O. The highest BCUT2D eigenvalue weighted by atomic mass is 79.9. The van der Waals surface area contributed by atoms with E-state index in [1.165, 1.54) is 10.2 Å². The molecule has 20 heavy (non-hydrogen) atoms. The third-order valence-corrected chi connectivity index (χ3v) is 4.08. The molecule has 1 N–H and O–H groups in total. The minimum absolute atomic E-state index is 0.167. The molecule has 0 radical (unpaired) electrons. The van der Waals surface area contributed by atoms with Gasteiger partial charge >= 0.3 is 5.69 Å². The van der Waals surface area contributed by atoms with Gasteiger partial charge in [-0.25, -0.2) is 9.48 Å². The molecule has 7 heteroatoms. The van der Waals surface area contributed by atoms with Gasteiger partial charge in [-0.15, -0.1) is 0 Å². The average molecular weight is 338 g/mol.